The van der Waals surface area contributed by atoms with Gasteiger partial charge in [-0.05, 0) is 17.7 Å². The zero-order valence-electron chi connectivity index (χ0n) is 15.1. The number of esters is 1. The molecule has 0 radical (unpaired) electrons. The third kappa shape index (κ3) is 3.78. The van der Waals surface area contributed by atoms with Gasteiger partial charge in [-0.2, -0.15) is 4.99 Å². The number of methoxy groups -OCH3 is 1. The highest BCUT2D eigenvalue weighted by Gasteiger charge is 2.54. The Hall–Kier alpha value is -3.10. The molecule has 2 aliphatic rings. The van der Waals surface area contributed by atoms with Gasteiger partial charge in [-0.25, -0.2) is 9.59 Å². The highest BCUT2D eigenvalue weighted by molar-refractivity contribution is 8.00. The van der Waals surface area contributed by atoms with Crippen molar-refractivity contribution in [2.45, 2.75) is 24.9 Å². The van der Waals surface area contributed by atoms with E-state index < -0.39 is 23.3 Å². The molecule has 0 aliphatic carbocycles. The zero-order valence-corrected chi connectivity index (χ0v) is 15.9. The molecule has 9 nitrogen and oxygen atoms in total. The predicted octanol–water partition coefficient (Wildman–Crippen LogP) is 0.706. The maximum Gasteiger partial charge on any atom is 0.357 e. The number of carbonyl (C=O) groups is 3. The summed E-state index contributed by atoms with van der Waals surface area (Å²) in [6.45, 7) is 1.28. The van der Waals surface area contributed by atoms with E-state index in [9.17, 15) is 19.2 Å². The lowest BCUT2D eigenvalue weighted by atomic mass is 10.0. The molecule has 3 rings (SSSR count). The summed E-state index contributed by atoms with van der Waals surface area (Å²) in [6.07, 6.45) is 1.40. The van der Waals surface area contributed by atoms with Gasteiger partial charge < -0.3 is 14.8 Å². The van der Waals surface area contributed by atoms with E-state index in [-0.39, 0.29) is 29.7 Å². The van der Waals surface area contributed by atoms with Crippen LogP contribution in [0, 0.1) is 0 Å². The summed E-state index contributed by atoms with van der Waals surface area (Å²) in [5, 5.41) is 2.10. The maximum absolute atomic E-state index is 12.7. The Bertz CT molecular complexity index is 891. The van der Waals surface area contributed by atoms with E-state index in [0.717, 1.165) is 5.56 Å². The van der Waals surface area contributed by atoms with Gasteiger partial charge in [0.1, 0.15) is 23.8 Å². The van der Waals surface area contributed by atoms with E-state index in [2.05, 4.69) is 10.3 Å². The topological polar surface area (TPSA) is 114 Å². The third-order valence-corrected chi connectivity index (χ3v) is 5.47. The van der Waals surface area contributed by atoms with Gasteiger partial charge in [0.15, 0.2) is 5.70 Å². The molecule has 1 unspecified atom stereocenters. The first kappa shape index (κ1) is 19.7. The van der Waals surface area contributed by atoms with Gasteiger partial charge in [0.05, 0.1) is 12.8 Å². The first-order valence-corrected chi connectivity index (χ1v) is 9.34. The van der Waals surface area contributed by atoms with Crippen LogP contribution in [0.2, 0.25) is 0 Å². The number of aliphatic imine (C=N–C) groups is 1. The molecule has 0 bridgehead atoms. The van der Waals surface area contributed by atoms with Crippen LogP contribution in [0.4, 0.5) is 0 Å². The van der Waals surface area contributed by atoms with Crippen LogP contribution in [0.5, 0.6) is 5.75 Å². The molecule has 2 atom stereocenters. The number of nitrogens with zero attached hydrogens (tertiary/aromatic N) is 2. The highest BCUT2D eigenvalue weighted by Crippen LogP contribution is 2.40. The van der Waals surface area contributed by atoms with Gasteiger partial charge in [0.25, 0.3) is 5.91 Å². The molecule has 28 heavy (non-hydrogen) atoms. The normalized spacial score (nSPS) is 20.5. The third-order valence-electron chi connectivity index (χ3n) is 4.21. The summed E-state index contributed by atoms with van der Waals surface area (Å²) in [6, 6.07) is 6.22. The number of rotatable bonds is 6. The fraction of sp³-hybridized carbons (Fsp3) is 0.333. The van der Waals surface area contributed by atoms with Crippen molar-refractivity contribution in [2.24, 2.45) is 4.99 Å². The molecule has 1 saturated heterocycles. The summed E-state index contributed by atoms with van der Waals surface area (Å²) < 4.78 is 10.4. The van der Waals surface area contributed by atoms with Crippen molar-refractivity contribution in [3.05, 3.63) is 41.2 Å². The van der Waals surface area contributed by atoms with E-state index in [4.69, 9.17) is 9.47 Å². The van der Waals surface area contributed by atoms with Crippen molar-refractivity contribution < 1.29 is 28.7 Å². The van der Waals surface area contributed by atoms with Crippen LogP contribution in [-0.2, 0) is 30.5 Å². The SMILES string of the molecule is COc1ccc(COC(=O)C2=C(N=C=O)CS[C@@H]3C(NC(C)=O)C(=O)N23)cc1. The largest absolute Gasteiger partial charge is 0.497 e. The molecule has 1 aromatic rings. The van der Waals surface area contributed by atoms with E-state index in [1.807, 2.05) is 0 Å². The number of benzene rings is 1. The molecule has 10 heteroatoms. The molecule has 2 heterocycles. The van der Waals surface area contributed by atoms with Crippen LogP contribution in [0.25, 0.3) is 0 Å². The summed E-state index contributed by atoms with van der Waals surface area (Å²) in [4.78, 5) is 51.9. The number of hydrogen-bond acceptors (Lipinski definition) is 8. The van der Waals surface area contributed by atoms with Gasteiger partial charge in [-0.1, -0.05) is 12.1 Å². The number of carbonyl (C=O) groups excluding carboxylic acids is 4. The lowest BCUT2D eigenvalue weighted by Gasteiger charge is -2.48. The molecule has 2 aliphatic heterocycles. The second kappa shape index (κ2) is 8.28. The molecule has 1 fully saturated rings. The molecule has 2 amide bonds. The van der Waals surface area contributed by atoms with E-state index in [1.165, 1.54) is 29.7 Å². The second-order valence-electron chi connectivity index (χ2n) is 6.01. The molecule has 0 aromatic heterocycles. The Morgan fingerprint density at radius 3 is 2.68 bits per heavy atom. The van der Waals surface area contributed by atoms with E-state index >= 15 is 0 Å². The zero-order chi connectivity index (χ0) is 20.3. The highest BCUT2D eigenvalue weighted by atomic mass is 32.2. The number of amides is 2. The Kier molecular flexibility index (Phi) is 5.81. The van der Waals surface area contributed by atoms with Crippen molar-refractivity contribution >= 4 is 35.6 Å². The van der Waals surface area contributed by atoms with Gasteiger partial charge in [-0.3, -0.25) is 14.5 Å². The summed E-state index contributed by atoms with van der Waals surface area (Å²) in [7, 11) is 1.55. The molecule has 0 spiro atoms. The molecule has 1 aromatic carbocycles. The first-order chi connectivity index (χ1) is 13.5. The van der Waals surface area contributed by atoms with Crippen molar-refractivity contribution in [3.63, 3.8) is 0 Å². The minimum absolute atomic E-state index is 0.0284. The van der Waals surface area contributed by atoms with Crippen LogP contribution < -0.4 is 10.1 Å². The second-order valence-corrected chi connectivity index (χ2v) is 7.12. The monoisotopic (exact) mass is 403 g/mol. The van der Waals surface area contributed by atoms with Crippen LogP contribution in [-0.4, -0.2) is 53.0 Å². The van der Waals surface area contributed by atoms with Gasteiger partial charge >= 0.3 is 5.97 Å². The smallest absolute Gasteiger partial charge is 0.357 e. The average Bonchev–Trinajstić information content (AvgIpc) is 2.70. The minimum atomic E-state index is -0.773. The fourth-order valence-corrected chi connectivity index (χ4v) is 4.16. The van der Waals surface area contributed by atoms with Crippen molar-refractivity contribution in [1.29, 1.82) is 0 Å². The lowest BCUT2D eigenvalue weighted by Crippen LogP contribution is -2.70. The Morgan fingerprint density at radius 1 is 1.36 bits per heavy atom. The number of nitrogens with one attached hydrogen (secondary N) is 1. The number of thioether (sulfide) groups is 1. The first-order valence-electron chi connectivity index (χ1n) is 8.29. The lowest BCUT2D eigenvalue weighted by molar-refractivity contribution is -0.153. The fourth-order valence-electron chi connectivity index (χ4n) is 2.89. The average molecular weight is 403 g/mol. The molecular weight excluding hydrogens is 386 g/mol. The van der Waals surface area contributed by atoms with Crippen LogP contribution in [0.15, 0.2) is 40.7 Å². The quantitative estimate of drug-likeness (QED) is 0.322. The van der Waals surface area contributed by atoms with Gasteiger partial charge in [-0.15, -0.1) is 11.8 Å². The number of isocyanates is 1. The van der Waals surface area contributed by atoms with Crippen LogP contribution in [0.3, 0.4) is 0 Å². The minimum Gasteiger partial charge on any atom is -0.497 e. The van der Waals surface area contributed by atoms with Crippen LogP contribution >= 0.6 is 11.8 Å². The predicted molar refractivity (Wildman–Crippen MR) is 98.6 cm³/mol. The number of β-lactam (4-membered cyclic amide) rings is 1. The maximum atomic E-state index is 12.7. The Morgan fingerprint density at radius 2 is 2.07 bits per heavy atom. The number of fused-ring (bicyclic) bond motifs is 1. The summed E-state index contributed by atoms with van der Waals surface area (Å²) >= 11 is 1.29. The van der Waals surface area contributed by atoms with E-state index in [1.54, 1.807) is 31.4 Å². The summed E-state index contributed by atoms with van der Waals surface area (Å²) in [5.74, 6) is -0.690. The van der Waals surface area contributed by atoms with Crippen LogP contribution in [0.1, 0.15) is 12.5 Å². The van der Waals surface area contributed by atoms with Gasteiger partial charge in [0.2, 0.25) is 12.0 Å². The molecule has 1 N–H and O–H groups in total. The molecular formula is C18H17N3O6S. The molecule has 0 saturated carbocycles. The Labute approximate surface area is 164 Å². The van der Waals surface area contributed by atoms with Crippen molar-refractivity contribution in [2.75, 3.05) is 12.9 Å². The number of hydrogen-bond donors (Lipinski definition) is 1. The molecule has 146 valence electrons. The number of ether oxygens (including phenoxy) is 2. The van der Waals surface area contributed by atoms with E-state index in [0.29, 0.717) is 5.75 Å². The standard InChI is InChI=1S/C18H17N3O6S/c1-10(23)20-14-16(24)21-15(13(19-9-22)8-28-17(14)21)18(25)27-7-11-3-5-12(26-2)6-4-11/h3-6,14,17H,7-8H2,1-2H3,(H,20,23)/t14?,17-/m1/s1. The van der Waals surface area contributed by atoms with Gasteiger partial charge in [0, 0.05) is 12.7 Å². The van der Waals surface area contributed by atoms with Crippen molar-refractivity contribution in [1.82, 2.24) is 10.2 Å². The summed E-state index contributed by atoms with van der Waals surface area (Å²) in [5.41, 5.74) is 0.751. The Balaban J connectivity index is 1.77. The van der Waals surface area contributed by atoms with Crippen molar-refractivity contribution in [3.8, 4) is 5.75 Å².